The van der Waals surface area contributed by atoms with E-state index in [1.54, 1.807) is 0 Å². The van der Waals surface area contributed by atoms with Crippen LogP contribution in [0.25, 0.3) is 0 Å². The van der Waals surface area contributed by atoms with Crippen molar-refractivity contribution in [2.24, 2.45) is 5.92 Å². The maximum absolute atomic E-state index is 13.5. The molecule has 2 rings (SSSR count). The summed E-state index contributed by atoms with van der Waals surface area (Å²) in [6.45, 7) is 3.47. The van der Waals surface area contributed by atoms with Crippen LogP contribution in [0.15, 0.2) is 17.0 Å². The van der Waals surface area contributed by atoms with Gasteiger partial charge in [-0.25, -0.2) is 12.8 Å². The molecule has 7 heteroatoms. The van der Waals surface area contributed by atoms with Crippen LogP contribution in [0.3, 0.4) is 0 Å². The van der Waals surface area contributed by atoms with Crippen molar-refractivity contribution in [2.75, 3.05) is 0 Å². The number of carbonyl (C=O) groups is 1. The van der Waals surface area contributed by atoms with Gasteiger partial charge in [-0.15, -0.1) is 0 Å². The largest absolute Gasteiger partial charge is 0.349 e. The lowest BCUT2D eigenvalue weighted by Crippen LogP contribution is -2.28. The van der Waals surface area contributed by atoms with Crippen molar-refractivity contribution in [1.82, 2.24) is 5.32 Å². The summed E-state index contributed by atoms with van der Waals surface area (Å²) in [4.78, 5) is 11.7. The molecule has 1 fully saturated rings. The number of hydrogen-bond donors (Lipinski definition) is 1. The number of hydrogen-bond acceptors (Lipinski definition) is 3. The first-order valence-corrected chi connectivity index (χ1v) is 8.60. The van der Waals surface area contributed by atoms with E-state index in [0.29, 0.717) is 5.92 Å². The molecule has 0 heterocycles. The van der Waals surface area contributed by atoms with Gasteiger partial charge in [0.25, 0.3) is 15.0 Å². The van der Waals surface area contributed by atoms with Gasteiger partial charge in [-0.2, -0.15) is 0 Å². The molecule has 1 amide bonds. The molecular weight excluding hydrogens is 305 g/mol. The van der Waals surface area contributed by atoms with Gasteiger partial charge in [-0.05, 0) is 37.0 Å². The number of carbonyl (C=O) groups excluding carboxylic acids is 1. The summed E-state index contributed by atoms with van der Waals surface area (Å²) in [5, 5.41) is 2.77. The molecule has 2 atom stereocenters. The SMILES string of the molecule is CCC1CC1NC(=O)c1cc(F)cc(S(=O)(=O)Cl)c1C. The standard InChI is InChI=1S/C13H15ClFNO3S/c1-3-8-4-11(8)16-13(17)10-5-9(15)6-12(7(10)2)20(14,18)19/h5-6,8,11H,3-4H2,1-2H3,(H,16,17). The Hall–Kier alpha value is -1.14. The number of rotatable bonds is 4. The summed E-state index contributed by atoms with van der Waals surface area (Å²) >= 11 is 0. The van der Waals surface area contributed by atoms with Crippen molar-refractivity contribution in [1.29, 1.82) is 0 Å². The summed E-state index contributed by atoms with van der Waals surface area (Å²) in [6.07, 6.45) is 1.87. The van der Waals surface area contributed by atoms with Gasteiger partial charge < -0.3 is 5.32 Å². The van der Waals surface area contributed by atoms with E-state index in [1.807, 2.05) is 6.92 Å². The first-order valence-electron chi connectivity index (χ1n) is 6.29. The van der Waals surface area contributed by atoms with E-state index in [2.05, 4.69) is 5.32 Å². The molecule has 20 heavy (non-hydrogen) atoms. The van der Waals surface area contributed by atoms with Crippen LogP contribution < -0.4 is 5.32 Å². The third kappa shape index (κ3) is 3.12. The molecule has 0 radical (unpaired) electrons. The highest BCUT2D eigenvalue weighted by molar-refractivity contribution is 8.13. The van der Waals surface area contributed by atoms with Crippen LogP contribution in [0.2, 0.25) is 0 Å². The molecule has 0 aromatic heterocycles. The Labute approximate surface area is 121 Å². The van der Waals surface area contributed by atoms with Gasteiger partial charge in [0.15, 0.2) is 0 Å². The lowest BCUT2D eigenvalue weighted by atomic mass is 10.1. The summed E-state index contributed by atoms with van der Waals surface area (Å²) in [5.74, 6) is -0.823. The minimum atomic E-state index is -4.09. The number of amides is 1. The van der Waals surface area contributed by atoms with Gasteiger partial charge in [0.2, 0.25) is 0 Å². The molecule has 0 spiro atoms. The highest BCUT2D eigenvalue weighted by Gasteiger charge is 2.37. The Morgan fingerprint density at radius 3 is 2.65 bits per heavy atom. The molecule has 1 aromatic carbocycles. The molecule has 1 aromatic rings. The second-order valence-electron chi connectivity index (χ2n) is 5.00. The summed E-state index contributed by atoms with van der Waals surface area (Å²) in [6, 6.07) is 1.94. The van der Waals surface area contributed by atoms with E-state index < -0.39 is 20.8 Å². The number of benzene rings is 1. The van der Waals surface area contributed by atoms with Crippen molar-refractivity contribution in [3.8, 4) is 0 Å². The molecule has 0 bridgehead atoms. The van der Waals surface area contributed by atoms with E-state index in [0.717, 1.165) is 25.0 Å². The highest BCUT2D eigenvalue weighted by atomic mass is 35.7. The van der Waals surface area contributed by atoms with Crippen molar-refractivity contribution in [2.45, 2.75) is 37.6 Å². The summed E-state index contributed by atoms with van der Waals surface area (Å²) < 4.78 is 36.3. The smallest absolute Gasteiger partial charge is 0.261 e. The molecular formula is C13H15ClFNO3S. The molecule has 1 saturated carbocycles. The Morgan fingerprint density at radius 2 is 2.15 bits per heavy atom. The fourth-order valence-electron chi connectivity index (χ4n) is 2.26. The average molecular weight is 320 g/mol. The Morgan fingerprint density at radius 1 is 1.50 bits per heavy atom. The monoisotopic (exact) mass is 319 g/mol. The fourth-order valence-corrected chi connectivity index (χ4v) is 3.47. The first kappa shape index (κ1) is 15.3. The van der Waals surface area contributed by atoms with Gasteiger partial charge >= 0.3 is 0 Å². The molecule has 0 saturated heterocycles. The van der Waals surface area contributed by atoms with Crippen molar-refractivity contribution in [3.63, 3.8) is 0 Å². The molecule has 1 aliphatic rings. The van der Waals surface area contributed by atoms with Gasteiger partial charge in [0.1, 0.15) is 5.82 Å². The Balaban J connectivity index is 2.32. The van der Waals surface area contributed by atoms with Crippen molar-refractivity contribution in [3.05, 3.63) is 29.1 Å². The van der Waals surface area contributed by atoms with E-state index in [4.69, 9.17) is 10.7 Å². The topological polar surface area (TPSA) is 63.2 Å². The quantitative estimate of drug-likeness (QED) is 0.868. The fraction of sp³-hybridized carbons (Fsp3) is 0.462. The van der Waals surface area contributed by atoms with Crippen LogP contribution in [0.1, 0.15) is 35.7 Å². The summed E-state index contributed by atoms with van der Waals surface area (Å²) in [5.41, 5.74) is 0.165. The normalized spacial score (nSPS) is 21.6. The molecule has 2 unspecified atom stereocenters. The van der Waals surface area contributed by atoms with Crippen LogP contribution in [0.5, 0.6) is 0 Å². The zero-order valence-corrected chi connectivity index (χ0v) is 12.7. The van der Waals surface area contributed by atoms with E-state index in [9.17, 15) is 17.6 Å². The van der Waals surface area contributed by atoms with Crippen LogP contribution >= 0.6 is 10.7 Å². The molecule has 0 aliphatic heterocycles. The second-order valence-corrected chi connectivity index (χ2v) is 7.53. The average Bonchev–Trinajstić information content (AvgIpc) is 3.08. The van der Waals surface area contributed by atoms with Crippen molar-refractivity contribution >= 4 is 25.6 Å². The molecule has 4 nitrogen and oxygen atoms in total. The van der Waals surface area contributed by atoms with E-state index in [1.165, 1.54) is 6.92 Å². The van der Waals surface area contributed by atoms with E-state index >= 15 is 0 Å². The zero-order chi connectivity index (χ0) is 15.1. The van der Waals surface area contributed by atoms with Gasteiger partial charge in [0, 0.05) is 22.3 Å². The lowest BCUT2D eigenvalue weighted by molar-refractivity contribution is 0.0947. The summed E-state index contributed by atoms with van der Waals surface area (Å²) in [7, 11) is 1.16. The highest BCUT2D eigenvalue weighted by Crippen LogP contribution is 2.33. The van der Waals surface area contributed by atoms with Crippen LogP contribution in [0.4, 0.5) is 4.39 Å². The third-order valence-electron chi connectivity index (χ3n) is 3.60. The maximum atomic E-state index is 13.5. The number of nitrogens with one attached hydrogen (secondary N) is 1. The minimum absolute atomic E-state index is 0.00554. The lowest BCUT2D eigenvalue weighted by Gasteiger charge is -2.10. The molecule has 110 valence electrons. The molecule has 1 aliphatic carbocycles. The second kappa shape index (κ2) is 5.33. The first-order chi connectivity index (χ1) is 9.24. The van der Waals surface area contributed by atoms with Gasteiger partial charge in [-0.1, -0.05) is 13.3 Å². The number of halogens is 2. The predicted octanol–water partition coefficient (Wildman–Crippen LogP) is 2.59. The van der Waals surface area contributed by atoms with Gasteiger partial charge in [0.05, 0.1) is 4.90 Å². The maximum Gasteiger partial charge on any atom is 0.261 e. The Bertz CT molecular complexity index is 660. The Kier molecular flexibility index (Phi) is 4.07. The van der Waals surface area contributed by atoms with Crippen LogP contribution in [-0.2, 0) is 9.05 Å². The van der Waals surface area contributed by atoms with E-state index in [-0.39, 0.29) is 22.1 Å². The zero-order valence-electron chi connectivity index (χ0n) is 11.1. The predicted molar refractivity (Wildman–Crippen MR) is 73.8 cm³/mol. The van der Waals surface area contributed by atoms with Crippen LogP contribution in [-0.4, -0.2) is 20.4 Å². The van der Waals surface area contributed by atoms with Crippen LogP contribution in [0, 0.1) is 18.7 Å². The molecule has 1 N–H and O–H groups in total. The van der Waals surface area contributed by atoms with Crippen molar-refractivity contribution < 1.29 is 17.6 Å². The van der Waals surface area contributed by atoms with Gasteiger partial charge in [-0.3, -0.25) is 4.79 Å². The third-order valence-corrected chi connectivity index (χ3v) is 5.04. The minimum Gasteiger partial charge on any atom is -0.349 e.